The van der Waals surface area contributed by atoms with Crippen LogP contribution in [-0.2, 0) is 14.1 Å². The van der Waals surface area contributed by atoms with Crippen molar-refractivity contribution in [2.24, 2.45) is 14.1 Å². The molecule has 5 nitrogen and oxygen atoms in total. The molecule has 0 bridgehead atoms. The average molecular weight is 300 g/mol. The monoisotopic (exact) mass is 299 g/mol. The normalized spacial score (nSPS) is 10.5. The molecule has 7 heteroatoms. The number of aromatic nitrogens is 2. The van der Waals surface area contributed by atoms with Crippen molar-refractivity contribution in [1.82, 2.24) is 9.13 Å². The van der Waals surface area contributed by atoms with Gasteiger partial charge in [0.15, 0.2) is 0 Å². The molecule has 2 aromatic heterocycles. The Bertz CT molecular complexity index is 703. The average Bonchev–Trinajstić information content (AvgIpc) is 2.62. The lowest BCUT2D eigenvalue weighted by Crippen LogP contribution is -2.19. The zero-order valence-corrected chi connectivity index (χ0v) is 11.8. The van der Waals surface area contributed by atoms with Gasteiger partial charge in [-0.05, 0) is 12.1 Å². The first-order valence-corrected chi connectivity index (χ1v) is 6.14. The van der Waals surface area contributed by atoms with E-state index in [2.05, 4.69) is 5.32 Å². The van der Waals surface area contributed by atoms with Crippen molar-refractivity contribution in [3.63, 3.8) is 0 Å². The van der Waals surface area contributed by atoms with Crippen LogP contribution in [0.25, 0.3) is 0 Å². The molecular formula is C12H11Cl2N3O2. The van der Waals surface area contributed by atoms with E-state index in [0.29, 0.717) is 21.6 Å². The van der Waals surface area contributed by atoms with Crippen LogP contribution in [0.3, 0.4) is 0 Å². The smallest absolute Gasteiger partial charge is 0.272 e. The van der Waals surface area contributed by atoms with E-state index in [4.69, 9.17) is 23.2 Å². The Balaban J connectivity index is 2.28. The van der Waals surface area contributed by atoms with Crippen LogP contribution in [0.4, 0.5) is 5.69 Å². The molecule has 0 aromatic carbocycles. The molecule has 1 amide bonds. The summed E-state index contributed by atoms with van der Waals surface area (Å²) in [6, 6.07) is 4.40. The quantitative estimate of drug-likeness (QED) is 0.925. The van der Waals surface area contributed by atoms with Crippen LogP contribution in [0.15, 0.2) is 29.2 Å². The largest absolute Gasteiger partial charge is 0.329 e. The molecule has 19 heavy (non-hydrogen) atoms. The highest BCUT2D eigenvalue weighted by Gasteiger charge is 2.15. The first-order valence-electron chi connectivity index (χ1n) is 5.39. The van der Waals surface area contributed by atoms with E-state index in [1.165, 1.54) is 33.5 Å². The van der Waals surface area contributed by atoms with Crippen LogP contribution >= 0.6 is 23.2 Å². The topological polar surface area (TPSA) is 56.0 Å². The van der Waals surface area contributed by atoms with E-state index in [9.17, 15) is 9.59 Å². The summed E-state index contributed by atoms with van der Waals surface area (Å²) < 4.78 is 2.86. The van der Waals surface area contributed by atoms with Crippen molar-refractivity contribution < 1.29 is 4.79 Å². The summed E-state index contributed by atoms with van der Waals surface area (Å²) in [5.41, 5.74) is 0.701. The highest BCUT2D eigenvalue weighted by Crippen LogP contribution is 2.25. The fourth-order valence-corrected chi connectivity index (χ4v) is 2.00. The molecule has 0 spiro atoms. The van der Waals surface area contributed by atoms with E-state index < -0.39 is 0 Å². The number of rotatable bonds is 2. The molecule has 0 atom stereocenters. The Morgan fingerprint density at radius 3 is 2.47 bits per heavy atom. The van der Waals surface area contributed by atoms with Crippen LogP contribution in [0.1, 0.15) is 10.5 Å². The van der Waals surface area contributed by atoms with Crippen LogP contribution < -0.4 is 10.9 Å². The number of amides is 1. The third kappa shape index (κ3) is 2.67. The predicted molar refractivity (Wildman–Crippen MR) is 75.1 cm³/mol. The first-order chi connectivity index (χ1) is 8.90. The molecule has 2 heterocycles. The molecule has 1 N–H and O–H groups in total. The molecule has 0 saturated heterocycles. The van der Waals surface area contributed by atoms with Gasteiger partial charge < -0.3 is 14.5 Å². The van der Waals surface area contributed by atoms with Gasteiger partial charge in [0.25, 0.3) is 5.91 Å². The van der Waals surface area contributed by atoms with Gasteiger partial charge >= 0.3 is 0 Å². The van der Waals surface area contributed by atoms with E-state index >= 15 is 0 Å². The van der Waals surface area contributed by atoms with Gasteiger partial charge in [-0.2, -0.15) is 0 Å². The second kappa shape index (κ2) is 5.11. The van der Waals surface area contributed by atoms with Crippen molar-refractivity contribution in [3.8, 4) is 0 Å². The van der Waals surface area contributed by atoms with Gasteiger partial charge in [0.2, 0.25) is 5.56 Å². The third-order valence-electron chi connectivity index (χ3n) is 2.69. The maximum absolute atomic E-state index is 12.1. The summed E-state index contributed by atoms with van der Waals surface area (Å²) in [6.45, 7) is 0. The van der Waals surface area contributed by atoms with Crippen molar-refractivity contribution in [3.05, 3.63) is 50.6 Å². The predicted octanol–water partition coefficient (Wildman–Crippen LogP) is 2.28. The summed E-state index contributed by atoms with van der Waals surface area (Å²) in [6.07, 6.45) is 1.53. The Morgan fingerprint density at radius 1 is 1.26 bits per heavy atom. The summed E-state index contributed by atoms with van der Waals surface area (Å²) >= 11 is 11.7. The minimum atomic E-state index is -0.352. The molecule has 0 aliphatic rings. The van der Waals surface area contributed by atoms with E-state index in [1.54, 1.807) is 14.1 Å². The van der Waals surface area contributed by atoms with Crippen molar-refractivity contribution in [2.75, 3.05) is 5.32 Å². The van der Waals surface area contributed by atoms with Gasteiger partial charge in [0, 0.05) is 26.4 Å². The number of nitrogens with zero attached hydrogens (tertiary/aromatic N) is 2. The maximum Gasteiger partial charge on any atom is 0.272 e. The molecule has 0 unspecified atom stereocenters. The van der Waals surface area contributed by atoms with Crippen LogP contribution in [0.2, 0.25) is 10.2 Å². The lowest BCUT2D eigenvalue weighted by molar-refractivity contribution is 0.101. The second-order valence-corrected chi connectivity index (χ2v) is 4.81. The van der Waals surface area contributed by atoms with Crippen molar-refractivity contribution in [2.45, 2.75) is 0 Å². The van der Waals surface area contributed by atoms with Gasteiger partial charge in [0.05, 0.1) is 10.7 Å². The Hall–Kier alpha value is -1.72. The summed E-state index contributed by atoms with van der Waals surface area (Å²) in [4.78, 5) is 23.3. The highest BCUT2D eigenvalue weighted by atomic mass is 35.5. The zero-order valence-electron chi connectivity index (χ0n) is 10.3. The lowest BCUT2D eigenvalue weighted by Gasteiger charge is -2.07. The highest BCUT2D eigenvalue weighted by molar-refractivity contribution is 6.42. The number of carbonyl (C=O) groups is 1. The number of hydrogen-bond donors (Lipinski definition) is 1. The molecule has 0 radical (unpaired) electrons. The summed E-state index contributed by atoms with van der Waals surface area (Å²) in [5.74, 6) is -0.352. The molecule has 0 aliphatic carbocycles. The molecule has 0 aliphatic heterocycles. The number of pyridine rings is 1. The van der Waals surface area contributed by atoms with Crippen LogP contribution in [0.5, 0.6) is 0 Å². The molecular weight excluding hydrogens is 289 g/mol. The van der Waals surface area contributed by atoms with Gasteiger partial charge in [-0.3, -0.25) is 9.59 Å². The SMILES string of the molecule is Cn1c(C(=O)Nc2ccc(=O)n(C)c2)cc(Cl)c1Cl. The van der Waals surface area contributed by atoms with Gasteiger partial charge in [0.1, 0.15) is 10.8 Å². The van der Waals surface area contributed by atoms with Gasteiger partial charge in [-0.1, -0.05) is 23.2 Å². The molecule has 2 rings (SSSR count). The Kier molecular flexibility index (Phi) is 3.68. The number of halogens is 2. The summed E-state index contributed by atoms with van der Waals surface area (Å²) in [5, 5.41) is 3.28. The molecule has 100 valence electrons. The maximum atomic E-state index is 12.1. The second-order valence-electron chi connectivity index (χ2n) is 4.05. The van der Waals surface area contributed by atoms with E-state index in [1.807, 2.05) is 0 Å². The minimum Gasteiger partial charge on any atom is -0.329 e. The van der Waals surface area contributed by atoms with Gasteiger partial charge in [-0.15, -0.1) is 0 Å². The Morgan fingerprint density at radius 2 is 1.95 bits per heavy atom. The third-order valence-corrected chi connectivity index (χ3v) is 3.53. The van der Waals surface area contributed by atoms with Crippen molar-refractivity contribution >= 4 is 34.8 Å². The standard InChI is InChI=1S/C12H11Cl2N3O2/c1-16-6-7(3-4-10(16)18)15-12(19)9-5-8(13)11(14)17(9)2/h3-6H,1-2H3,(H,15,19). The molecule has 2 aromatic rings. The Labute approximate surface area is 119 Å². The molecule has 0 saturated carbocycles. The van der Waals surface area contributed by atoms with Gasteiger partial charge in [-0.25, -0.2) is 0 Å². The molecule has 0 fully saturated rings. The van der Waals surface area contributed by atoms with E-state index in [-0.39, 0.29) is 11.5 Å². The number of anilines is 1. The first kappa shape index (κ1) is 13.7. The van der Waals surface area contributed by atoms with Crippen LogP contribution in [0, 0.1) is 0 Å². The van der Waals surface area contributed by atoms with Crippen LogP contribution in [-0.4, -0.2) is 15.0 Å². The fraction of sp³-hybridized carbons (Fsp3) is 0.167. The van der Waals surface area contributed by atoms with E-state index in [0.717, 1.165) is 0 Å². The fourth-order valence-electron chi connectivity index (χ4n) is 1.62. The zero-order chi connectivity index (χ0) is 14.2. The number of hydrogen-bond acceptors (Lipinski definition) is 2. The number of aryl methyl sites for hydroxylation is 1. The lowest BCUT2D eigenvalue weighted by atomic mass is 10.3. The summed E-state index contributed by atoms with van der Waals surface area (Å²) in [7, 11) is 3.25. The minimum absolute atomic E-state index is 0.150. The van der Waals surface area contributed by atoms with Crippen molar-refractivity contribution in [1.29, 1.82) is 0 Å². The number of nitrogens with one attached hydrogen (secondary N) is 1. The number of carbonyl (C=O) groups excluding carboxylic acids is 1.